The highest BCUT2D eigenvalue weighted by Gasteiger charge is 2.12. The summed E-state index contributed by atoms with van der Waals surface area (Å²) in [4.78, 5) is 21.9. The summed E-state index contributed by atoms with van der Waals surface area (Å²) >= 11 is 0. The van der Waals surface area contributed by atoms with Crippen LogP contribution in [0.5, 0.6) is 0 Å². The van der Waals surface area contributed by atoms with E-state index in [-0.39, 0.29) is 31.0 Å². The first-order chi connectivity index (χ1) is 13.4. The molecule has 0 radical (unpaired) electrons. The first-order valence-electron chi connectivity index (χ1n) is 9.06. The van der Waals surface area contributed by atoms with Crippen LogP contribution in [0.1, 0.15) is 25.5 Å². The number of alkyl carbamates (subject to hydrolysis) is 1. The summed E-state index contributed by atoms with van der Waals surface area (Å²) in [5.41, 5.74) is 6.28. The fraction of sp³-hybridized carbons (Fsp3) is 0.611. The lowest BCUT2D eigenvalue weighted by Gasteiger charge is -2.14. The van der Waals surface area contributed by atoms with E-state index in [9.17, 15) is 14.9 Å². The van der Waals surface area contributed by atoms with Gasteiger partial charge in [-0.2, -0.15) is 0 Å². The highest BCUT2D eigenvalue weighted by Crippen LogP contribution is 2.17. The first kappa shape index (κ1) is 23.8. The van der Waals surface area contributed by atoms with E-state index in [0.29, 0.717) is 33.0 Å². The van der Waals surface area contributed by atoms with Crippen LogP contribution in [0, 0.1) is 10.1 Å². The molecule has 0 heterocycles. The van der Waals surface area contributed by atoms with Crippen molar-refractivity contribution < 1.29 is 28.7 Å². The Bertz CT molecular complexity index is 581. The molecule has 0 saturated heterocycles. The number of nitro groups is 1. The lowest BCUT2D eigenvalue weighted by molar-refractivity contribution is -0.384. The van der Waals surface area contributed by atoms with Crippen molar-refractivity contribution in [2.24, 2.45) is 5.73 Å². The van der Waals surface area contributed by atoms with Crippen molar-refractivity contribution in [1.29, 1.82) is 0 Å². The molecule has 1 aromatic rings. The van der Waals surface area contributed by atoms with E-state index in [1.54, 1.807) is 19.1 Å². The molecule has 0 saturated carbocycles. The van der Waals surface area contributed by atoms with Gasteiger partial charge in [-0.25, -0.2) is 4.79 Å². The summed E-state index contributed by atoms with van der Waals surface area (Å²) in [6, 6.07) is 5.63. The number of amides is 1. The van der Waals surface area contributed by atoms with E-state index in [2.05, 4.69) is 5.32 Å². The van der Waals surface area contributed by atoms with Gasteiger partial charge in [0, 0.05) is 18.2 Å². The Balaban J connectivity index is 2.03. The number of hydrogen-bond acceptors (Lipinski definition) is 8. The van der Waals surface area contributed by atoms with Gasteiger partial charge in [0.25, 0.3) is 5.69 Å². The van der Waals surface area contributed by atoms with Gasteiger partial charge in [-0.1, -0.05) is 12.1 Å². The molecule has 10 heteroatoms. The van der Waals surface area contributed by atoms with Crippen LogP contribution in [0.3, 0.4) is 0 Å². The van der Waals surface area contributed by atoms with Gasteiger partial charge >= 0.3 is 6.09 Å². The number of benzene rings is 1. The molecule has 1 rings (SSSR count). The van der Waals surface area contributed by atoms with Gasteiger partial charge in [0.05, 0.1) is 50.6 Å². The normalized spacial score (nSPS) is 13.0. The number of nitrogens with zero attached hydrogens (tertiary/aromatic N) is 1. The molecule has 0 aliphatic carbocycles. The maximum Gasteiger partial charge on any atom is 0.407 e. The van der Waals surface area contributed by atoms with E-state index < -0.39 is 11.0 Å². The molecule has 1 amide bonds. The number of hydrogen-bond donors (Lipinski definition) is 2. The second-order valence-corrected chi connectivity index (χ2v) is 6.13. The summed E-state index contributed by atoms with van der Waals surface area (Å²) in [5.74, 6) is 0. The fourth-order valence-corrected chi connectivity index (χ4v) is 2.09. The number of rotatable bonds is 14. The van der Waals surface area contributed by atoms with Crippen molar-refractivity contribution >= 4 is 11.8 Å². The van der Waals surface area contributed by atoms with Crippen LogP contribution >= 0.6 is 0 Å². The number of carbonyl (C=O) groups excluding carboxylic acids is 1. The van der Waals surface area contributed by atoms with E-state index in [1.807, 2.05) is 6.92 Å². The summed E-state index contributed by atoms with van der Waals surface area (Å²) < 4.78 is 20.9. The van der Waals surface area contributed by atoms with Crippen molar-refractivity contribution in [2.45, 2.75) is 25.9 Å². The van der Waals surface area contributed by atoms with E-state index in [1.165, 1.54) is 12.1 Å². The van der Waals surface area contributed by atoms with E-state index in [0.717, 1.165) is 5.56 Å². The van der Waals surface area contributed by atoms with Crippen LogP contribution in [0.25, 0.3) is 0 Å². The zero-order chi connectivity index (χ0) is 20.8. The third-order valence-electron chi connectivity index (χ3n) is 3.52. The second-order valence-electron chi connectivity index (χ2n) is 6.13. The largest absolute Gasteiger partial charge is 0.447 e. The van der Waals surface area contributed by atoms with Gasteiger partial charge in [0.1, 0.15) is 6.61 Å². The van der Waals surface area contributed by atoms with Gasteiger partial charge in [0.2, 0.25) is 0 Å². The van der Waals surface area contributed by atoms with Crippen molar-refractivity contribution in [2.75, 3.05) is 46.2 Å². The van der Waals surface area contributed by atoms with Crippen LogP contribution in [0.4, 0.5) is 10.5 Å². The number of carbonyl (C=O) groups is 1. The predicted octanol–water partition coefficient (Wildman–Crippen LogP) is 1.78. The Morgan fingerprint density at radius 3 is 2.11 bits per heavy atom. The molecule has 0 bridgehead atoms. The van der Waals surface area contributed by atoms with Gasteiger partial charge in [-0.15, -0.1) is 0 Å². The molecule has 0 spiro atoms. The smallest absolute Gasteiger partial charge is 0.407 e. The second kappa shape index (κ2) is 13.8. The molecule has 158 valence electrons. The quantitative estimate of drug-likeness (QED) is 0.274. The topological polar surface area (TPSA) is 135 Å². The molecule has 2 unspecified atom stereocenters. The molecular formula is C18H29N3O7. The highest BCUT2D eigenvalue weighted by molar-refractivity contribution is 5.67. The Kier molecular flexibility index (Phi) is 11.7. The van der Waals surface area contributed by atoms with Gasteiger partial charge in [-0.05, 0) is 19.4 Å². The number of nitro benzene ring substituents is 1. The lowest BCUT2D eigenvalue weighted by Crippen LogP contribution is -2.28. The maximum absolute atomic E-state index is 11.7. The number of nitrogens with two attached hydrogens (primary N) is 1. The standard InChI is InChI=1S/C18H29N3O7/c1-14(19)13-27-10-9-25-7-8-26-11-12-28-18(22)20-15(2)16-3-5-17(6-4-16)21(23)24/h3-6,14-15H,7-13,19H2,1-2H3,(H,20,22). The Hall–Kier alpha value is -2.27. The molecule has 0 aliphatic rings. The third-order valence-corrected chi connectivity index (χ3v) is 3.52. The Morgan fingerprint density at radius 2 is 1.57 bits per heavy atom. The number of ether oxygens (including phenoxy) is 4. The van der Waals surface area contributed by atoms with Gasteiger partial charge in [-0.3, -0.25) is 10.1 Å². The molecule has 10 nitrogen and oxygen atoms in total. The Labute approximate surface area is 164 Å². The molecule has 2 atom stereocenters. The Morgan fingerprint density at radius 1 is 1.04 bits per heavy atom. The van der Waals surface area contributed by atoms with Crippen LogP contribution < -0.4 is 11.1 Å². The number of nitrogens with one attached hydrogen (secondary N) is 1. The zero-order valence-corrected chi connectivity index (χ0v) is 16.3. The van der Waals surface area contributed by atoms with Crippen LogP contribution in [0.15, 0.2) is 24.3 Å². The summed E-state index contributed by atoms with van der Waals surface area (Å²) in [6.07, 6.45) is -0.586. The molecule has 0 aromatic heterocycles. The van der Waals surface area contributed by atoms with E-state index >= 15 is 0 Å². The summed E-state index contributed by atoms with van der Waals surface area (Å²) in [6.45, 7) is 6.25. The van der Waals surface area contributed by atoms with Crippen LogP contribution in [-0.2, 0) is 18.9 Å². The van der Waals surface area contributed by atoms with E-state index in [4.69, 9.17) is 24.7 Å². The highest BCUT2D eigenvalue weighted by atomic mass is 16.6. The first-order valence-corrected chi connectivity index (χ1v) is 9.06. The maximum atomic E-state index is 11.7. The van der Waals surface area contributed by atoms with Crippen molar-refractivity contribution in [3.05, 3.63) is 39.9 Å². The summed E-state index contributed by atoms with van der Waals surface area (Å²) in [5, 5.41) is 13.3. The molecule has 0 fully saturated rings. The molecule has 0 aliphatic heterocycles. The average Bonchev–Trinajstić information content (AvgIpc) is 2.65. The minimum atomic E-state index is -0.586. The van der Waals surface area contributed by atoms with Crippen molar-refractivity contribution in [3.8, 4) is 0 Å². The van der Waals surface area contributed by atoms with Crippen LogP contribution in [0.2, 0.25) is 0 Å². The van der Waals surface area contributed by atoms with Gasteiger partial charge in [0.15, 0.2) is 0 Å². The average molecular weight is 399 g/mol. The fourth-order valence-electron chi connectivity index (χ4n) is 2.09. The molecule has 1 aromatic carbocycles. The number of non-ortho nitro benzene ring substituents is 1. The predicted molar refractivity (Wildman–Crippen MR) is 102 cm³/mol. The van der Waals surface area contributed by atoms with Gasteiger partial charge < -0.3 is 30.0 Å². The SMILES string of the molecule is CC(N)COCCOCCOCCOC(=O)NC(C)c1ccc([N+](=O)[O-])cc1. The summed E-state index contributed by atoms with van der Waals surface area (Å²) in [7, 11) is 0. The molecular weight excluding hydrogens is 370 g/mol. The molecule has 28 heavy (non-hydrogen) atoms. The molecule has 3 N–H and O–H groups in total. The minimum absolute atomic E-state index is 0.00246. The zero-order valence-electron chi connectivity index (χ0n) is 16.3. The third kappa shape index (κ3) is 10.8. The van der Waals surface area contributed by atoms with Crippen LogP contribution in [-0.4, -0.2) is 63.3 Å². The van der Waals surface area contributed by atoms with Crippen molar-refractivity contribution in [3.63, 3.8) is 0 Å². The monoisotopic (exact) mass is 399 g/mol. The lowest BCUT2D eigenvalue weighted by atomic mass is 10.1. The minimum Gasteiger partial charge on any atom is -0.447 e. The van der Waals surface area contributed by atoms with Crippen molar-refractivity contribution in [1.82, 2.24) is 5.32 Å².